The number of hydrogen-bond donors (Lipinski definition) is 0. The Hall–Kier alpha value is -1.76. The quantitative estimate of drug-likeness (QED) is 0.740. The van der Waals surface area contributed by atoms with Crippen LogP contribution in [0, 0.1) is 0 Å². The van der Waals surface area contributed by atoms with E-state index in [1.54, 1.807) is 7.11 Å². The first-order valence-electron chi connectivity index (χ1n) is 6.49. The standard InChI is InChI=1S/C17H20O/c1-4-13(2)14-5-7-15(8-6-14)16-9-11-17(18-3)12-10-16/h5-13H,4H2,1-3H3. The molecule has 0 aliphatic heterocycles. The second kappa shape index (κ2) is 5.72. The van der Waals surface area contributed by atoms with Crippen LogP contribution in [0.2, 0.25) is 0 Å². The Morgan fingerprint density at radius 2 is 1.39 bits per heavy atom. The Bertz CT molecular complexity index is 482. The molecule has 0 radical (unpaired) electrons. The molecule has 0 aromatic heterocycles. The molecule has 1 heteroatoms. The fourth-order valence-electron chi connectivity index (χ4n) is 2.02. The molecule has 1 atom stereocenters. The van der Waals surface area contributed by atoms with Gasteiger partial charge in [-0.15, -0.1) is 0 Å². The number of rotatable bonds is 4. The highest BCUT2D eigenvalue weighted by Crippen LogP contribution is 2.25. The summed E-state index contributed by atoms with van der Waals surface area (Å²) in [4.78, 5) is 0. The summed E-state index contributed by atoms with van der Waals surface area (Å²) in [6.07, 6.45) is 1.18. The third-order valence-electron chi connectivity index (χ3n) is 3.52. The van der Waals surface area contributed by atoms with Crippen LogP contribution in [-0.2, 0) is 0 Å². The molecule has 0 fully saturated rings. The maximum atomic E-state index is 5.17. The van der Waals surface area contributed by atoms with Crippen molar-refractivity contribution in [2.75, 3.05) is 7.11 Å². The second-order valence-electron chi connectivity index (χ2n) is 4.66. The summed E-state index contributed by atoms with van der Waals surface area (Å²) in [7, 11) is 1.69. The molecule has 0 aliphatic rings. The molecule has 18 heavy (non-hydrogen) atoms. The van der Waals surface area contributed by atoms with Gasteiger partial charge in [-0.2, -0.15) is 0 Å². The zero-order valence-corrected chi connectivity index (χ0v) is 11.3. The lowest BCUT2D eigenvalue weighted by Crippen LogP contribution is -1.90. The van der Waals surface area contributed by atoms with Crippen LogP contribution in [-0.4, -0.2) is 7.11 Å². The smallest absolute Gasteiger partial charge is 0.118 e. The average molecular weight is 240 g/mol. The van der Waals surface area contributed by atoms with Gasteiger partial charge in [-0.25, -0.2) is 0 Å². The Labute approximate surface area is 109 Å². The topological polar surface area (TPSA) is 9.23 Å². The van der Waals surface area contributed by atoms with Gasteiger partial charge < -0.3 is 4.74 Å². The monoisotopic (exact) mass is 240 g/mol. The average Bonchev–Trinajstić information content (AvgIpc) is 2.47. The van der Waals surface area contributed by atoms with E-state index >= 15 is 0 Å². The van der Waals surface area contributed by atoms with Gasteiger partial charge in [0.05, 0.1) is 7.11 Å². The van der Waals surface area contributed by atoms with E-state index in [1.807, 2.05) is 12.1 Å². The molecule has 0 N–H and O–H groups in total. The first-order chi connectivity index (χ1) is 8.74. The second-order valence-corrected chi connectivity index (χ2v) is 4.66. The van der Waals surface area contributed by atoms with Gasteiger partial charge in [0.15, 0.2) is 0 Å². The lowest BCUT2D eigenvalue weighted by Gasteiger charge is -2.10. The molecule has 0 aliphatic carbocycles. The van der Waals surface area contributed by atoms with Crippen LogP contribution in [0.4, 0.5) is 0 Å². The van der Waals surface area contributed by atoms with Crippen LogP contribution in [0.1, 0.15) is 31.7 Å². The SMILES string of the molecule is CCC(C)c1ccc(-c2ccc(OC)cc2)cc1. The fourth-order valence-corrected chi connectivity index (χ4v) is 2.02. The summed E-state index contributed by atoms with van der Waals surface area (Å²) in [5.41, 5.74) is 3.89. The van der Waals surface area contributed by atoms with Crippen LogP contribution in [0.15, 0.2) is 48.5 Å². The van der Waals surface area contributed by atoms with Crippen molar-refractivity contribution in [3.63, 3.8) is 0 Å². The molecular weight excluding hydrogens is 220 g/mol. The summed E-state index contributed by atoms with van der Waals surface area (Å²) in [5.74, 6) is 1.53. The van der Waals surface area contributed by atoms with Gasteiger partial charge in [-0.05, 0) is 41.2 Å². The molecule has 0 amide bonds. The van der Waals surface area contributed by atoms with Crippen LogP contribution < -0.4 is 4.74 Å². The Kier molecular flexibility index (Phi) is 4.03. The molecule has 94 valence electrons. The molecule has 1 unspecified atom stereocenters. The molecule has 2 aromatic rings. The number of methoxy groups -OCH3 is 1. The zero-order chi connectivity index (χ0) is 13.0. The normalized spacial score (nSPS) is 12.2. The molecule has 0 heterocycles. The van der Waals surface area contributed by atoms with Crippen LogP contribution in [0.25, 0.3) is 11.1 Å². The minimum Gasteiger partial charge on any atom is -0.497 e. The van der Waals surface area contributed by atoms with Gasteiger partial charge in [0, 0.05) is 0 Å². The summed E-state index contributed by atoms with van der Waals surface area (Å²) < 4.78 is 5.17. The Balaban J connectivity index is 2.22. The highest BCUT2D eigenvalue weighted by Gasteiger charge is 2.03. The first-order valence-corrected chi connectivity index (χ1v) is 6.49. The first kappa shape index (κ1) is 12.7. The molecule has 2 aromatic carbocycles. The van der Waals surface area contributed by atoms with Crippen molar-refractivity contribution < 1.29 is 4.74 Å². The van der Waals surface area contributed by atoms with Gasteiger partial charge in [0.25, 0.3) is 0 Å². The van der Waals surface area contributed by atoms with Gasteiger partial charge in [-0.3, -0.25) is 0 Å². The van der Waals surface area contributed by atoms with Crippen molar-refractivity contribution in [2.45, 2.75) is 26.2 Å². The zero-order valence-electron chi connectivity index (χ0n) is 11.3. The number of ether oxygens (including phenoxy) is 1. The van der Waals surface area contributed by atoms with E-state index < -0.39 is 0 Å². The molecule has 0 bridgehead atoms. The van der Waals surface area contributed by atoms with Crippen LogP contribution in [0.5, 0.6) is 5.75 Å². The van der Waals surface area contributed by atoms with E-state index in [0.29, 0.717) is 5.92 Å². The van der Waals surface area contributed by atoms with Crippen molar-refractivity contribution in [1.82, 2.24) is 0 Å². The summed E-state index contributed by atoms with van der Waals surface area (Å²) >= 11 is 0. The summed E-state index contributed by atoms with van der Waals surface area (Å²) in [6.45, 7) is 4.49. The van der Waals surface area contributed by atoms with E-state index in [0.717, 1.165) is 5.75 Å². The number of benzene rings is 2. The molecular formula is C17H20O. The van der Waals surface area contributed by atoms with Gasteiger partial charge >= 0.3 is 0 Å². The molecule has 1 nitrogen and oxygen atoms in total. The molecule has 0 saturated heterocycles. The van der Waals surface area contributed by atoms with E-state index in [1.165, 1.54) is 23.1 Å². The highest BCUT2D eigenvalue weighted by molar-refractivity contribution is 5.64. The van der Waals surface area contributed by atoms with Gasteiger partial charge in [0.1, 0.15) is 5.75 Å². The van der Waals surface area contributed by atoms with Crippen molar-refractivity contribution >= 4 is 0 Å². The highest BCUT2D eigenvalue weighted by atomic mass is 16.5. The van der Waals surface area contributed by atoms with Crippen molar-refractivity contribution in [1.29, 1.82) is 0 Å². The van der Waals surface area contributed by atoms with Gasteiger partial charge in [-0.1, -0.05) is 50.2 Å². The summed E-state index contributed by atoms with van der Waals surface area (Å²) in [5, 5.41) is 0. The van der Waals surface area contributed by atoms with Gasteiger partial charge in [0.2, 0.25) is 0 Å². The molecule has 0 spiro atoms. The lowest BCUT2D eigenvalue weighted by atomic mass is 9.96. The molecule has 2 rings (SSSR count). The predicted molar refractivity (Wildman–Crippen MR) is 77.1 cm³/mol. The Morgan fingerprint density at radius 3 is 1.83 bits per heavy atom. The van der Waals surface area contributed by atoms with Crippen LogP contribution in [0.3, 0.4) is 0 Å². The third kappa shape index (κ3) is 2.73. The Morgan fingerprint density at radius 1 is 0.889 bits per heavy atom. The van der Waals surface area contributed by atoms with Crippen molar-refractivity contribution in [3.8, 4) is 16.9 Å². The minimum atomic E-state index is 0.634. The maximum absolute atomic E-state index is 5.17. The van der Waals surface area contributed by atoms with Crippen molar-refractivity contribution in [2.24, 2.45) is 0 Å². The molecule has 0 saturated carbocycles. The minimum absolute atomic E-state index is 0.634. The largest absolute Gasteiger partial charge is 0.497 e. The van der Waals surface area contributed by atoms with Crippen LogP contribution >= 0.6 is 0 Å². The number of hydrogen-bond acceptors (Lipinski definition) is 1. The maximum Gasteiger partial charge on any atom is 0.118 e. The third-order valence-corrected chi connectivity index (χ3v) is 3.52. The van der Waals surface area contributed by atoms with Crippen molar-refractivity contribution in [3.05, 3.63) is 54.1 Å². The lowest BCUT2D eigenvalue weighted by molar-refractivity contribution is 0.415. The summed E-state index contributed by atoms with van der Waals surface area (Å²) in [6, 6.07) is 17.0. The fraction of sp³-hybridized carbons (Fsp3) is 0.294. The predicted octanol–water partition coefficient (Wildman–Crippen LogP) is 4.88. The van der Waals surface area contributed by atoms with E-state index in [9.17, 15) is 0 Å². The van der Waals surface area contributed by atoms with E-state index in [-0.39, 0.29) is 0 Å². The van der Waals surface area contributed by atoms with E-state index in [4.69, 9.17) is 4.74 Å². The van der Waals surface area contributed by atoms with E-state index in [2.05, 4.69) is 50.2 Å².